The predicted molar refractivity (Wildman–Crippen MR) is 80.9 cm³/mol. The predicted octanol–water partition coefficient (Wildman–Crippen LogP) is 1.80. The van der Waals surface area contributed by atoms with E-state index in [0.717, 1.165) is 51.7 Å². The first-order valence-corrected chi connectivity index (χ1v) is 8.29. The Bertz CT molecular complexity index is 365. The first-order chi connectivity index (χ1) is 10.1. The highest BCUT2D eigenvalue weighted by Gasteiger charge is 2.31. The van der Waals surface area contributed by atoms with E-state index in [2.05, 4.69) is 0 Å². The molecule has 0 saturated carbocycles. The van der Waals surface area contributed by atoms with Gasteiger partial charge in [-0.05, 0) is 46.2 Å². The van der Waals surface area contributed by atoms with Crippen molar-refractivity contribution in [1.29, 1.82) is 0 Å². The zero-order chi connectivity index (χ0) is 15.2. The Kier molecular flexibility index (Phi) is 6.03. The number of nitrogens with zero attached hydrogens (tertiary/aromatic N) is 2. The van der Waals surface area contributed by atoms with Gasteiger partial charge in [-0.25, -0.2) is 0 Å². The van der Waals surface area contributed by atoms with Gasteiger partial charge in [-0.1, -0.05) is 19.3 Å². The molecule has 0 bridgehead atoms. The van der Waals surface area contributed by atoms with E-state index in [1.54, 1.807) is 6.92 Å². The summed E-state index contributed by atoms with van der Waals surface area (Å²) in [6.07, 6.45) is 6.83. The van der Waals surface area contributed by atoms with Crippen LogP contribution in [0.25, 0.3) is 0 Å². The van der Waals surface area contributed by atoms with Crippen LogP contribution in [0.2, 0.25) is 0 Å². The number of esters is 1. The number of rotatable bonds is 3. The summed E-state index contributed by atoms with van der Waals surface area (Å²) in [5.41, 5.74) is 0. The molecule has 5 nitrogen and oxygen atoms in total. The van der Waals surface area contributed by atoms with Crippen LogP contribution in [0.1, 0.15) is 51.9 Å². The molecule has 2 saturated heterocycles. The maximum atomic E-state index is 12.4. The van der Waals surface area contributed by atoms with Crippen LogP contribution >= 0.6 is 0 Å². The molecular weight excluding hydrogens is 268 g/mol. The Morgan fingerprint density at radius 2 is 1.62 bits per heavy atom. The number of piperidine rings is 1. The molecule has 2 atom stereocenters. The number of likely N-dealkylation sites (N-methyl/N-ethyl adjacent to an activating group) is 1. The van der Waals surface area contributed by atoms with Crippen LogP contribution in [-0.2, 0) is 14.3 Å². The van der Waals surface area contributed by atoms with Crippen LogP contribution in [-0.4, -0.2) is 60.5 Å². The first-order valence-electron chi connectivity index (χ1n) is 8.29. The SMILES string of the molecule is C[C@@H](OC(=O)[C@H]1CCCCN1C)C(=O)N1CCCCCC1. The molecule has 2 aliphatic rings. The minimum Gasteiger partial charge on any atom is -0.451 e. The van der Waals surface area contributed by atoms with E-state index < -0.39 is 6.10 Å². The number of amides is 1. The Balaban J connectivity index is 1.85. The van der Waals surface area contributed by atoms with Crippen molar-refractivity contribution in [3.63, 3.8) is 0 Å². The summed E-state index contributed by atoms with van der Waals surface area (Å²) in [5, 5.41) is 0. The lowest BCUT2D eigenvalue weighted by Crippen LogP contribution is -2.46. The van der Waals surface area contributed by atoms with Crippen molar-refractivity contribution in [2.45, 2.75) is 64.0 Å². The van der Waals surface area contributed by atoms with Gasteiger partial charge in [0, 0.05) is 13.1 Å². The van der Waals surface area contributed by atoms with E-state index in [4.69, 9.17) is 4.74 Å². The van der Waals surface area contributed by atoms with Gasteiger partial charge in [0.1, 0.15) is 6.04 Å². The lowest BCUT2D eigenvalue weighted by atomic mass is 10.0. The normalized spacial score (nSPS) is 26.0. The van der Waals surface area contributed by atoms with Crippen molar-refractivity contribution in [3.05, 3.63) is 0 Å². The Morgan fingerprint density at radius 1 is 1.00 bits per heavy atom. The molecule has 2 aliphatic heterocycles. The van der Waals surface area contributed by atoms with Crippen LogP contribution in [0.3, 0.4) is 0 Å². The molecule has 120 valence electrons. The Hall–Kier alpha value is -1.10. The minimum absolute atomic E-state index is 0.0382. The van der Waals surface area contributed by atoms with E-state index in [9.17, 15) is 9.59 Å². The third-order valence-corrected chi connectivity index (χ3v) is 4.60. The average molecular weight is 296 g/mol. The Morgan fingerprint density at radius 3 is 2.24 bits per heavy atom. The van der Waals surface area contributed by atoms with Gasteiger partial charge in [0.15, 0.2) is 6.10 Å². The van der Waals surface area contributed by atoms with Crippen LogP contribution in [0.5, 0.6) is 0 Å². The number of hydrogen-bond donors (Lipinski definition) is 0. The van der Waals surface area contributed by atoms with Crippen molar-refractivity contribution in [3.8, 4) is 0 Å². The van der Waals surface area contributed by atoms with E-state index in [1.165, 1.54) is 12.8 Å². The number of hydrogen-bond acceptors (Lipinski definition) is 4. The van der Waals surface area contributed by atoms with Gasteiger partial charge in [-0.15, -0.1) is 0 Å². The molecule has 2 fully saturated rings. The molecule has 1 amide bonds. The van der Waals surface area contributed by atoms with Gasteiger partial charge < -0.3 is 9.64 Å². The van der Waals surface area contributed by atoms with Crippen LogP contribution in [0.4, 0.5) is 0 Å². The second kappa shape index (κ2) is 7.78. The number of carbonyl (C=O) groups is 2. The molecule has 0 spiro atoms. The summed E-state index contributed by atoms with van der Waals surface area (Å²) in [4.78, 5) is 28.5. The summed E-state index contributed by atoms with van der Waals surface area (Å²) in [5.74, 6) is -0.281. The van der Waals surface area contributed by atoms with Gasteiger partial charge in [0.05, 0.1) is 0 Å². The maximum Gasteiger partial charge on any atom is 0.324 e. The van der Waals surface area contributed by atoms with Crippen LogP contribution in [0, 0.1) is 0 Å². The van der Waals surface area contributed by atoms with Crippen molar-refractivity contribution in [1.82, 2.24) is 9.80 Å². The average Bonchev–Trinajstić information content (AvgIpc) is 2.75. The molecule has 2 heterocycles. The molecule has 0 N–H and O–H groups in total. The van der Waals surface area contributed by atoms with Crippen LogP contribution < -0.4 is 0 Å². The monoisotopic (exact) mass is 296 g/mol. The molecule has 2 rings (SSSR count). The van der Waals surface area contributed by atoms with E-state index in [1.807, 2.05) is 16.8 Å². The molecule has 0 aromatic heterocycles. The van der Waals surface area contributed by atoms with Crippen molar-refractivity contribution in [2.75, 3.05) is 26.7 Å². The van der Waals surface area contributed by atoms with Crippen molar-refractivity contribution >= 4 is 11.9 Å². The molecule has 0 aliphatic carbocycles. The highest BCUT2D eigenvalue weighted by molar-refractivity contribution is 5.85. The van der Waals surface area contributed by atoms with E-state index in [-0.39, 0.29) is 17.9 Å². The molecular formula is C16H28N2O3. The number of ether oxygens (including phenoxy) is 1. The number of carbonyl (C=O) groups excluding carboxylic acids is 2. The fraction of sp³-hybridized carbons (Fsp3) is 0.875. The van der Waals surface area contributed by atoms with Gasteiger partial charge in [0.25, 0.3) is 5.91 Å². The lowest BCUT2D eigenvalue weighted by Gasteiger charge is -2.32. The van der Waals surface area contributed by atoms with Gasteiger partial charge in [-0.2, -0.15) is 0 Å². The van der Waals surface area contributed by atoms with Crippen LogP contribution in [0.15, 0.2) is 0 Å². The number of likely N-dealkylation sites (tertiary alicyclic amines) is 2. The Labute approximate surface area is 127 Å². The third kappa shape index (κ3) is 4.43. The molecule has 0 unspecified atom stereocenters. The topological polar surface area (TPSA) is 49.9 Å². The van der Waals surface area contributed by atoms with Gasteiger partial charge in [-0.3, -0.25) is 14.5 Å². The zero-order valence-electron chi connectivity index (χ0n) is 13.3. The van der Waals surface area contributed by atoms with Gasteiger partial charge in [0.2, 0.25) is 0 Å². The quantitative estimate of drug-likeness (QED) is 0.745. The third-order valence-electron chi connectivity index (χ3n) is 4.60. The first kappa shape index (κ1) is 16.3. The second-order valence-corrected chi connectivity index (χ2v) is 6.31. The zero-order valence-corrected chi connectivity index (χ0v) is 13.3. The van der Waals surface area contributed by atoms with Crippen molar-refractivity contribution < 1.29 is 14.3 Å². The molecule has 21 heavy (non-hydrogen) atoms. The molecule has 0 radical (unpaired) electrons. The fourth-order valence-corrected chi connectivity index (χ4v) is 3.22. The highest BCUT2D eigenvalue weighted by atomic mass is 16.5. The maximum absolute atomic E-state index is 12.4. The summed E-state index contributed by atoms with van der Waals surface area (Å²) >= 11 is 0. The molecule has 0 aromatic rings. The molecule has 5 heteroatoms. The smallest absolute Gasteiger partial charge is 0.324 e. The molecule has 0 aromatic carbocycles. The minimum atomic E-state index is -0.661. The summed E-state index contributed by atoms with van der Waals surface area (Å²) in [6, 6.07) is -0.182. The van der Waals surface area contributed by atoms with Gasteiger partial charge >= 0.3 is 5.97 Å². The standard InChI is InChI=1S/C16H28N2O3/c1-13(15(19)18-11-6-3-4-7-12-18)21-16(20)14-9-5-8-10-17(14)2/h13-14H,3-12H2,1-2H3/t13-,14-/m1/s1. The summed E-state index contributed by atoms with van der Waals surface area (Å²) in [6.45, 7) is 4.22. The van der Waals surface area contributed by atoms with E-state index >= 15 is 0 Å². The van der Waals surface area contributed by atoms with Crippen molar-refractivity contribution in [2.24, 2.45) is 0 Å². The fourth-order valence-electron chi connectivity index (χ4n) is 3.22. The highest BCUT2D eigenvalue weighted by Crippen LogP contribution is 2.17. The summed E-state index contributed by atoms with van der Waals surface area (Å²) in [7, 11) is 1.95. The summed E-state index contributed by atoms with van der Waals surface area (Å²) < 4.78 is 5.44. The lowest BCUT2D eigenvalue weighted by molar-refractivity contribution is -0.164. The van der Waals surface area contributed by atoms with E-state index in [0.29, 0.717) is 0 Å². The largest absolute Gasteiger partial charge is 0.451 e. The second-order valence-electron chi connectivity index (χ2n) is 6.31.